The molecule has 23 heavy (non-hydrogen) atoms. The molecule has 2 heterocycles. The van der Waals surface area contributed by atoms with Crippen LogP contribution < -0.4 is 0 Å². The summed E-state index contributed by atoms with van der Waals surface area (Å²) in [7, 11) is 0. The molecule has 0 aliphatic carbocycles. The lowest BCUT2D eigenvalue weighted by Crippen LogP contribution is -2.39. The number of hydrogen-bond acceptors (Lipinski definition) is 6. The normalized spacial score (nSPS) is 21.4. The Bertz CT molecular complexity index is 649. The van der Waals surface area contributed by atoms with Gasteiger partial charge in [-0.05, 0) is 19.1 Å². The number of benzene rings is 1. The van der Waals surface area contributed by atoms with Crippen molar-refractivity contribution in [3.05, 3.63) is 46.1 Å². The Morgan fingerprint density at radius 1 is 1.26 bits per heavy atom. The van der Waals surface area contributed by atoms with E-state index in [-0.39, 0.29) is 5.03 Å². The third-order valence-corrected chi connectivity index (χ3v) is 4.04. The van der Waals surface area contributed by atoms with Gasteiger partial charge in [0.15, 0.2) is 5.03 Å². The molecule has 0 saturated carbocycles. The Balaban J connectivity index is 1.77. The molecular weight excluding hydrogens is 322 g/mol. The van der Waals surface area contributed by atoms with Crippen molar-refractivity contribution in [2.45, 2.75) is 13.2 Å². The Hall–Kier alpha value is -2.05. The fraction of sp³-hybridized carbons (Fsp3) is 0.375. The molecule has 2 aliphatic heterocycles. The summed E-state index contributed by atoms with van der Waals surface area (Å²) in [6, 6.07) is 6.94. The SMILES string of the molecule is Cc1ccc(C(=O)OC2OC(=O)C(Cl)=C2N2CCOCC2)cc1. The molecule has 0 amide bonds. The van der Waals surface area contributed by atoms with Gasteiger partial charge in [0.2, 0.25) is 0 Å². The first kappa shape index (κ1) is 15.8. The summed E-state index contributed by atoms with van der Waals surface area (Å²) in [6.07, 6.45) is -1.12. The van der Waals surface area contributed by atoms with Gasteiger partial charge in [0.25, 0.3) is 6.29 Å². The van der Waals surface area contributed by atoms with Crippen LogP contribution in [0.15, 0.2) is 35.0 Å². The van der Waals surface area contributed by atoms with E-state index in [1.54, 1.807) is 12.1 Å². The minimum Gasteiger partial charge on any atom is -0.415 e. The van der Waals surface area contributed by atoms with Crippen LogP contribution in [0, 0.1) is 6.92 Å². The highest BCUT2D eigenvalue weighted by molar-refractivity contribution is 6.42. The summed E-state index contributed by atoms with van der Waals surface area (Å²) >= 11 is 6.04. The van der Waals surface area contributed by atoms with Gasteiger partial charge in [-0.3, -0.25) is 0 Å². The number of aryl methyl sites for hydroxylation is 1. The van der Waals surface area contributed by atoms with Gasteiger partial charge in [-0.15, -0.1) is 0 Å². The lowest BCUT2D eigenvalue weighted by molar-refractivity contribution is -0.154. The fourth-order valence-electron chi connectivity index (χ4n) is 2.44. The van der Waals surface area contributed by atoms with E-state index in [4.69, 9.17) is 25.8 Å². The number of carbonyl (C=O) groups excluding carboxylic acids is 2. The van der Waals surface area contributed by atoms with E-state index < -0.39 is 18.2 Å². The molecule has 0 spiro atoms. The Morgan fingerprint density at radius 3 is 2.57 bits per heavy atom. The van der Waals surface area contributed by atoms with Crippen molar-refractivity contribution < 1.29 is 23.8 Å². The lowest BCUT2D eigenvalue weighted by Gasteiger charge is -2.31. The summed E-state index contributed by atoms with van der Waals surface area (Å²) in [5, 5.41) is -0.0476. The van der Waals surface area contributed by atoms with Crippen LogP contribution in [0.4, 0.5) is 0 Å². The number of halogens is 1. The second kappa shape index (κ2) is 6.60. The lowest BCUT2D eigenvalue weighted by atomic mass is 10.1. The molecule has 2 aliphatic rings. The van der Waals surface area contributed by atoms with Gasteiger partial charge in [-0.25, -0.2) is 9.59 Å². The number of nitrogens with zero attached hydrogens (tertiary/aromatic N) is 1. The maximum absolute atomic E-state index is 12.2. The molecule has 1 fully saturated rings. The quantitative estimate of drug-likeness (QED) is 0.784. The second-order valence-corrected chi connectivity index (χ2v) is 5.69. The van der Waals surface area contributed by atoms with Crippen LogP contribution in [-0.2, 0) is 19.0 Å². The second-order valence-electron chi connectivity index (χ2n) is 5.31. The molecule has 3 rings (SSSR count). The first-order chi connectivity index (χ1) is 11.1. The number of esters is 2. The molecule has 122 valence electrons. The van der Waals surface area contributed by atoms with Gasteiger partial charge in [0.05, 0.1) is 18.8 Å². The highest BCUT2D eigenvalue weighted by Crippen LogP contribution is 2.30. The monoisotopic (exact) mass is 337 g/mol. The number of carbonyl (C=O) groups is 2. The fourth-order valence-corrected chi connectivity index (χ4v) is 2.69. The predicted molar refractivity (Wildman–Crippen MR) is 81.7 cm³/mol. The number of morpholine rings is 1. The van der Waals surface area contributed by atoms with Crippen LogP contribution in [0.1, 0.15) is 15.9 Å². The van der Waals surface area contributed by atoms with Gasteiger partial charge in [0.1, 0.15) is 5.70 Å². The number of cyclic esters (lactones) is 1. The molecule has 1 saturated heterocycles. The standard InChI is InChI=1S/C16H16ClNO5/c1-10-2-4-11(5-3-10)14(19)22-16-13(12(17)15(20)23-16)18-6-8-21-9-7-18/h2-5,16H,6-9H2,1H3. The molecular formula is C16H16ClNO5. The first-order valence-electron chi connectivity index (χ1n) is 7.27. The summed E-state index contributed by atoms with van der Waals surface area (Å²) in [5.74, 6) is -1.25. The van der Waals surface area contributed by atoms with E-state index in [1.165, 1.54) is 0 Å². The van der Waals surface area contributed by atoms with E-state index in [9.17, 15) is 9.59 Å². The number of rotatable bonds is 3. The van der Waals surface area contributed by atoms with Gasteiger partial charge in [0, 0.05) is 13.1 Å². The van der Waals surface area contributed by atoms with Crippen LogP contribution in [-0.4, -0.2) is 49.4 Å². The van der Waals surface area contributed by atoms with E-state index in [1.807, 2.05) is 24.0 Å². The molecule has 0 N–H and O–H groups in total. The molecule has 0 bridgehead atoms. The highest BCUT2D eigenvalue weighted by Gasteiger charge is 2.39. The van der Waals surface area contributed by atoms with Crippen molar-refractivity contribution in [3.63, 3.8) is 0 Å². The minimum atomic E-state index is -1.12. The Labute approximate surface area is 138 Å². The zero-order chi connectivity index (χ0) is 16.4. The van der Waals surface area contributed by atoms with Crippen molar-refractivity contribution in [2.75, 3.05) is 26.3 Å². The molecule has 7 heteroatoms. The van der Waals surface area contributed by atoms with E-state index in [0.29, 0.717) is 37.6 Å². The van der Waals surface area contributed by atoms with Crippen LogP contribution in [0.3, 0.4) is 0 Å². The van der Waals surface area contributed by atoms with Crippen molar-refractivity contribution in [1.29, 1.82) is 0 Å². The zero-order valence-corrected chi connectivity index (χ0v) is 13.3. The van der Waals surface area contributed by atoms with Crippen molar-refractivity contribution >= 4 is 23.5 Å². The third kappa shape index (κ3) is 3.33. The van der Waals surface area contributed by atoms with Crippen molar-refractivity contribution in [2.24, 2.45) is 0 Å². The molecule has 0 radical (unpaired) electrons. The van der Waals surface area contributed by atoms with Crippen LogP contribution in [0.2, 0.25) is 0 Å². The summed E-state index contributed by atoms with van der Waals surface area (Å²) in [4.78, 5) is 25.8. The smallest absolute Gasteiger partial charge is 0.355 e. The highest BCUT2D eigenvalue weighted by atomic mass is 35.5. The average Bonchev–Trinajstić information content (AvgIpc) is 2.83. The molecule has 1 aromatic carbocycles. The third-order valence-electron chi connectivity index (χ3n) is 3.69. The molecule has 0 aromatic heterocycles. The van der Waals surface area contributed by atoms with Crippen LogP contribution in [0.25, 0.3) is 0 Å². The summed E-state index contributed by atoms with van der Waals surface area (Å²) < 4.78 is 15.7. The molecule has 1 unspecified atom stereocenters. The van der Waals surface area contributed by atoms with E-state index in [2.05, 4.69) is 0 Å². The zero-order valence-electron chi connectivity index (χ0n) is 12.6. The predicted octanol–water partition coefficient (Wildman–Crippen LogP) is 1.82. The molecule has 1 atom stereocenters. The van der Waals surface area contributed by atoms with Crippen LogP contribution in [0.5, 0.6) is 0 Å². The van der Waals surface area contributed by atoms with Gasteiger partial charge in [-0.1, -0.05) is 29.3 Å². The number of hydrogen-bond donors (Lipinski definition) is 0. The van der Waals surface area contributed by atoms with E-state index in [0.717, 1.165) is 5.56 Å². The minimum absolute atomic E-state index is 0.0476. The Morgan fingerprint density at radius 2 is 1.91 bits per heavy atom. The molecule has 6 nitrogen and oxygen atoms in total. The van der Waals surface area contributed by atoms with E-state index >= 15 is 0 Å². The average molecular weight is 338 g/mol. The van der Waals surface area contributed by atoms with Crippen molar-refractivity contribution in [1.82, 2.24) is 4.90 Å². The maximum atomic E-state index is 12.2. The van der Waals surface area contributed by atoms with Gasteiger partial charge in [-0.2, -0.15) is 0 Å². The van der Waals surface area contributed by atoms with Gasteiger partial charge < -0.3 is 19.1 Å². The summed E-state index contributed by atoms with van der Waals surface area (Å²) in [5.41, 5.74) is 1.81. The largest absolute Gasteiger partial charge is 0.415 e. The maximum Gasteiger partial charge on any atom is 0.355 e. The topological polar surface area (TPSA) is 65.1 Å². The van der Waals surface area contributed by atoms with Crippen LogP contribution >= 0.6 is 11.6 Å². The number of ether oxygens (including phenoxy) is 3. The van der Waals surface area contributed by atoms with Gasteiger partial charge >= 0.3 is 11.9 Å². The first-order valence-corrected chi connectivity index (χ1v) is 7.65. The Kier molecular flexibility index (Phi) is 4.54. The summed E-state index contributed by atoms with van der Waals surface area (Å²) in [6.45, 7) is 4.06. The molecule has 1 aromatic rings. The van der Waals surface area contributed by atoms with Crippen molar-refractivity contribution in [3.8, 4) is 0 Å².